The molecule has 4 saturated heterocycles. The van der Waals surface area contributed by atoms with Crippen molar-refractivity contribution >= 4 is 110 Å². The number of hydrogen-bond acceptors (Lipinski definition) is 18. The summed E-state index contributed by atoms with van der Waals surface area (Å²) < 4.78 is 66.2. The number of carbonyl (C=O) groups is 5. The number of thiazole rings is 2. The predicted octanol–water partition coefficient (Wildman–Crippen LogP) is 8.52. The number of carbonyl (C=O) groups excluding carboxylic acids is 4. The molecule has 6 aliphatic heterocycles. The van der Waals surface area contributed by atoms with Crippen LogP contribution in [0.1, 0.15) is 44.6 Å². The third-order valence-corrected chi connectivity index (χ3v) is 18.4. The quantitative estimate of drug-likeness (QED) is 0.0589. The number of aromatic amines is 1. The molecular formula is C60H54Cl2F4N14O8S2. The molecule has 0 saturated carbocycles. The molecule has 7 aromatic rings. The van der Waals surface area contributed by atoms with Crippen LogP contribution in [0.25, 0.3) is 11.0 Å². The summed E-state index contributed by atoms with van der Waals surface area (Å²) in [5, 5.41) is 20.5. The Morgan fingerprint density at radius 1 is 0.667 bits per heavy atom. The maximum Gasteiger partial charge on any atom is 0.379 e. The normalized spacial score (nSPS) is 20.5. The number of amidine groups is 2. The summed E-state index contributed by atoms with van der Waals surface area (Å²) >= 11 is 15.7. The Labute approximate surface area is 528 Å². The third kappa shape index (κ3) is 12.1. The number of alkyl halides is 2. The first-order chi connectivity index (χ1) is 43.3. The number of amides is 4. The number of fused-ring (bicyclic) bond motifs is 3. The van der Waals surface area contributed by atoms with Gasteiger partial charge in [-0.15, -0.1) is 22.7 Å². The number of imidazole rings is 1. The smallest absolute Gasteiger partial charge is 0.379 e. The van der Waals surface area contributed by atoms with E-state index in [1.54, 1.807) is 22.7 Å². The first kappa shape index (κ1) is 61.4. The number of H-pyrrole nitrogens is 1. The monoisotopic (exact) mass is 1310 g/mol. The van der Waals surface area contributed by atoms with Crippen molar-refractivity contribution in [3.8, 4) is 0 Å². The van der Waals surface area contributed by atoms with Crippen LogP contribution in [-0.4, -0.2) is 178 Å². The Balaban J connectivity index is 0.000000175. The minimum atomic E-state index is -4.05. The topological polar surface area (TPSA) is 247 Å². The van der Waals surface area contributed by atoms with Gasteiger partial charge in [0.1, 0.15) is 29.5 Å². The lowest BCUT2D eigenvalue weighted by atomic mass is 9.95. The van der Waals surface area contributed by atoms with Crippen LogP contribution in [0.5, 0.6) is 0 Å². The van der Waals surface area contributed by atoms with E-state index in [-0.39, 0.29) is 58.4 Å². The highest BCUT2D eigenvalue weighted by Gasteiger charge is 2.46. The Kier molecular flexibility index (Phi) is 17.2. The number of aryl methyl sites for hydroxylation is 1. The van der Waals surface area contributed by atoms with E-state index in [1.807, 2.05) is 40.3 Å². The van der Waals surface area contributed by atoms with Gasteiger partial charge in [-0.1, -0.05) is 47.5 Å². The molecule has 30 heteroatoms. The van der Waals surface area contributed by atoms with Crippen molar-refractivity contribution in [3.05, 3.63) is 179 Å². The summed E-state index contributed by atoms with van der Waals surface area (Å²) in [6, 6.07) is 15.9. The second-order valence-corrected chi connectivity index (χ2v) is 24.3. The molecule has 90 heavy (non-hydrogen) atoms. The van der Waals surface area contributed by atoms with Crippen LogP contribution in [0, 0.1) is 18.6 Å². The second-order valence-electron chi connectivity index (χ2n) is 21.7. The van der Waals surface area contributed by atoms with Crippen LogP contribution >= 0.6 is 45.9 Å². The number of halogens is 6. The minimum Gasteiger partial charge on any atom is -0.477 e. The number of ether oxygens (including phenoxy) is 2. The molecule has 466 valence electrons. The van der Waals surface area contributed by atoms with Gasteiger partial charge in [0.2, 0.25) is 0 Å². The van der Waals surface area contributed by atoms with Crippen molar-refractivity contribution in [1.29, 1.82) is 0 Å². The van der Waals surface area contributed by atoms with Crippen LogP contribution in [0.4, 0.5) is 38.5 Å². The lowest BCUT2D eigenvalue weighted by Gasteiger charge is -2.38. The second kappa shape index (κ2) is 25.2. The molecule has 4 amide bonds. The van der Waals surface area contributed by atoms with Crippen molar-refractivity contribution in [3.63, 3.8) is 0 Å². The van der Waals surface area contributed by atoms with E-state index in [4.69, 9.17) is 47.8 Å². The van der Waals surface area contributed by atoms with Crippen molar-refractivity contribution < 1.29 is 56.1 Å². The highest BCUT2D eigenvalue weighted by atomic mass is 35.5. The van der Waals surface area contributed by atoms with Gasteiger partial charge in [-0.25, -0.2) is 47.7 Å². The van der Waals surface area contributed by atoms with E-state index < -0.39 is 53.1 Å². The van der Waals surface area contributed by atoms with Crippen LogP contribution < -0.4 is 20.4 Å². The lowest BCUT2D eigenvalue weighted by Crippen LogP contribution is -2.53. The zero-order valence-electron chi connectivity index (χ0n) is 48.0. The number of rotatable bonds is 14. The summed E-state index contributed by atoms with van der Waals surface area (Å²) in [4.78, 5) is 101. The Morgan fingerprint density at radius 3 is 1.59 bits per heavy atom. The van der Waals surface area contributed by atoms with Gasteiger partial charge < -0.3 is 40.0 Å². The van der Waals surface area contributed by atoms with Crippen molar-refractivity contribution in [1.82, 2.24) is 50.2 Å². The summed E-state index contributed by atoms with van der Waals surface area (Å²) in [6.45, 7) is 6.25. The number of aliphatic carboxylic acids is 1. The van der Waals surface area contributed by atoms with Gasteiger partial charge in [0, 0.05) is 138 Å². The van der Waals surface area contributed by atoms with Gasteiger partial charge in [0.15, 0.2) is 21.7 Å². The number of urea groups is 2. The molecule has 4 atom stereocenters. The number of hydrogen-bond donors (Lipinski definition) is 4. The maximum atomic E-state index is 14.0. The minimum absolute atomic E-state index is 0.0281. The molecule has 0 aliphatic carbocycles. The standard InChI is InChI=1S/C30H26ClF3N6O5S.C30H28ClFN8O3S/c1-45-27(41)23-22(36-25(26-35-8-11-46-26)37-24(23)20-7-4-17(32)12-21(20)31)15-38-9-10-39-19(13-38)14-40(29(39)44)18-5-2-16(3-6-18)30(33,34)28(42)43;1-16-34-22-6-4-18(12-23(22)35-16)40-14-19-13-38(8-9-39(19)30(40)42)15-24-25(29(41)43-2)26(20-5-3-17(32)11-21(20)31)37-27(36-24)28-33-7-10-44-28/h2-8,11-12,19,24H,9-10,13-15H2,1H3,(H,36,37)(H,42,43);3-7,10-12,19,26H,8-9,13-15H2,1-2H3,(H,34,35)(H,36,37)/t19-,24-;19-,26-/m00/s1. The fourth-order valence-corrected chi connectivity index (χ4v) is 13.6. The summed E-state index contributed by atoms with van der Waals surface area (Å²) in [7, 11) is 2.57. The molecule has 3 aromatic heterocycles. The molecule has 22 nitrogen and oxygen atoms in total. The molecule has 4 N–H and O–H groups in total. The van der Waals surface area contributed by atoms with Gasteiger partial charge in [0.05, 0.1) is 48.5 Å². The first-order valence-corrected chi connectivity index (χ1v) is 30.6. The predicted molar refractivity (Wildman–Crippen MR) is 328 cm³/mol. The number of methoxy groups -OCH3 is 2. The molecule has 0 radical (unpaired) electrons. The largest absolute Gasteiger partial charge is 0.477 e. The van der Waals surface area contributed by atoms with Crippen LogP contribution in [-0.2, 0) is 29.8 Å². The number of benzene rings is 4. The lowest BCUT2D eigenvalue weighted by molar-refractivity contribution is -0.166. The number of carboxylic acids is 1. The number of aliphatic imine (C=N–C) groups is 2. The summed E-state index contributed by atoms with van der Waals surface area (Å²) in [5.74, 6) is -6.84. The zero-order valence-corrected chi connectivity index (χ0v) is 51.1. The van der Waals surface area contributed by atoms with Crippen LogP contribution in [0.15, 0.2) is 135 Å². The Bertz CT molecular complexity index is 4120. The van der Waals surface area contributed by atoms with Crippen molar-refractivity contribution in [2.24, 2.45) is 9.98 Å². The Hall–Kier alpha value is -8.80. The average Bonchev–Trinajstić information content (AvgIpc) is 1.25. The van der Waals surface area contributed by atoms with Crippen molar-refractivity contribution in [2.45, 2.75) is 37.0 Å². The number of nitrogens with zero attached hydrogens (tertiary/aromatic N) is 11. The maximum absolute atomic E-state index is 14.0. The number of esters is 2. The van der Waals surface area contributed by atoms with E-state index in [0.29, 0.717) is 102 Å². The van der Waals surface area contributed by atoms with E-state index >= 15 is 0 Å². The SMILES string of the molecule is COC(=O)C1=C(CN2CCN3C(=O)N(c4ccc(C(F)(F)C(=O)O)cc4)C[C@@H]3C2)NC(c2nccs2)=N[C@H]1c1ccc(F)cc1Cl.COC(=O)C1=C(CN2CCN3C(=O)N(c4ccc5nc(C)[nH]c5c4)C[C@@H]3C2)NC(c2nccs2)=N[C@H]1c1ccc(F)cc1Cl. The fourth-order valence-electron chi connectivity index (χ4n) is 11.9. The van der Waals surface area contributed by atoms with E-state index in [1.165, 1.54) is 84.3 Å². The van der Waals surface area contributed by atoms with Crippen molar-refractivity contribution in [2.75, 3.05) is 89.5 Å². The molecular weight excluding hydrogens is 1260 g/mol. The van der Waals surface area contributed by atoms with Gasteiger partial charge in [-0.3, -0.25) is 29.6 Å². The number of aromatic nitrogens is 4. The van der Waals surface area contributed by atoms with Gasteiger partial charge in [0.25, 0.3) is 0 Å². The molecule has 4 fully saturated rings. The van der Waals surface area contributed by atoms with Crippen LogP contribution in [0.2, 0.25) is 10.0 Å². The number of piperazine rings is 2. The van der Waals surface area contributed by atoms with Gasteiger partial charge in [-0.05, 0) is 61.5 Å². The van der Waals surface area contributed by atoms with Crippen LogP contribution in [0.3, 0.4) is 0 Å². The molecule has 0 bridgehead atoms. The number of nitrogens with one attached hydrogen (secondary N) is 3. The third-order valence-electron chi connectivity index (χ3n) is 16.2. The Morgan fingerprint density at radius 2 is 1.14 bits per heavy atom. The van der Waals surface area contributed by atoms with Gasteiger partial charge >= 0.3 is 35.9 Å². The molecule has 0 unspecified atom stereocenters. The highest BCUT2D eigenvalue weighted by Crippen LogP contribution is 2.40. The van der Waals surface area contributed by atoms with E-state index in [2.05, 4.69) is 40.4 Å². The molecule has 4 aromatic carbocycles. The molecule has 0 spiro atoms. The fraction of sp³-hybridized carbons (Fsp3) is 0.300. The van der Waals surface area contributed by atoms with E-state index in [0.717, 1.165) is 40.7 Å². The number of anilines is 2. The first-order valence-electron chi connectivity index (χ1n) is 28.1. The van der Waals surface area contributed by atoms with E-state index in [9.17, 15) is 41.5 Å². The highest BCUT2D eigenvalue weighted by molar-refractivity contribution is 7.12. The zero-order chi connectivity index (χ0) is 63.3. The average molecular weight is 1310 g/mol. The summed E-state index contributed by atoms with van der Waals surface area (Å²) in [6.07, 6.45) is 3.30. The molecule has 9 heterocycles. The molecule has 6 aliphatic rings. The van der Waals surface area contributed by atoms with Gasteiger partial charge in [-0.2, -0.15) is 8.78 Å². The summed E-state index contributed by atoms with van der Waals surface area (Å²) in [5.41, 5.74) is 4.70. The number of carboxylic acid groups (broad SMARTS) is 1. The molecule has 13 rings (SSSR count).